The number of rotatable bonds is 11. The van der Waals surface area contributed by atoms with Gasteiger partial charge in [0.05, 0.1) is 16.7 Å². The van der Waals surface area contributed by atoms with Crippen molar-refractivity contribution in [1.29, 1.82) is 0 Å². The first kappa shape index (κ1) is 54.3. The van der Waals surface area contributed by atoms with Gasteiger partial charge in [0.25, 0.3) is 0 Å². The smallest absolute Gasteiger partial charge is 0.197 e. The second kappa shape index (κ2) is 20.7. The lowest BCUT2D eigenvalue weighted by atomic mass is 9.55. The van der Waals surface area contributed by atoms with Crippen molar-refractivity contribution in [1.82, 2.24) is 4.57 Å². The Hall–Kier alpha value is -9.32. The molecule has 0 spiro atoms. The molecule has 2 aliphatic carbocycles. The van der Waals surface area contributed by atoms with Crippen LogP contribution in [0.2, 0.25) is 0 Å². The molecule has 0 atom stereocenters. The van der Waals surface area contributed by atoms with Crippen molar-refractivity contribution < 1.29 is 0 Å². The number of para-hydroxylation sites is 3. The van der Waals surface area contributed by atoms with E-state index in [1.54, 1.807) is 0 Å². The molecule has 1 N–H and O–H groups in total. The van der Waals surface area contributed by atoms with Crippen molar-refractivity contribution in [2.75, 3.05) is 15.1 Å². The van der Waals surface area contributed by atoms with E-state index in [0.717, 1.165) is 93.4 Å². The van der Waals surface area contributed by atoms with Gasteiger partial charge in [-0.15, -0.1) is 0 Å². The number of benzene rings is 11. The van der Waals surface area contributed by atoms with Gasteiger partial charge in [0.2, 0.25) is 0 Å². The van der Waals surface area contributed by atoms with Crippen molar-refractivity contribution in [3.63, 3.8) is 0 Å². The summed E-state index contributed by atoms with van der Waals surface area (Å²) >= 11 is 0. The molecule has 2 heterocycles. The van der Waals surface area contributed by atoms with E-state index in [9.17, 15) is 0 Å². The molecule has 0 amide bonds. The summed E-state index contributed by atoms with van der Waals surface area (Å²) in [7, 11) is 2.55. The SMILES string of the molecule is CC1(C)CCC(C)(C)c2cc(Nc3ccc(N(c4ccccc4)c4ccccc4)cc3-c3cc(N(c4cccc(-c5ccccc5)c4)c4cccc(-c5ccccc5)c4)c4c5ccccc5n5c4c3[B]c3cc4c(cc3-5)C(C)(C)CCC4(C)C)ccc21. The van der Waals surface area contributed by atoms with E-state index in [1.807, 2.05) is 0 Å². The van der Waals surface area contributed by atoms with E-state index in [4.69, 9.17) is 0 Å². The monoisotopic (exact) mass is 1130 g/mol. The van der Waals surface area contributed by atoms with Crippen molar-refractivity contribution in [2.45, 2.75) is 103 Å². The summed E-state index contributed by atoms with van der Waals surface area (Å²) < 4.78 is 2.64. The Balaban J connectivity index is 1.08. The highest BCUT2D eigenvalue weighted by molar-refractivity contribution is 6.73. The maximum absolute atomic E-state index is 4.18. The van der Waals surface area contributed by atoms with Crippen LogP contribution in [0.1, 0.15) is 103 Å². The third-order valence-electron chi connectivity index (χ3n) is 19.9. The van der Waals surface area contributed by atoms with Crippen LogP contribution in [0.5, 0.6) is 0 Å². The molecule has 425 valence electrons. The topological polar surface area (TPSA) is 23.4 Å². The zero-order chi connectivity index (χ0) is 59.4. The molecule has 87 heavy (non-hydrogen) atoms. The number of anilines is 8. The molecular weight excluding hydrogens is 1050 g/mol. The molecule has 0 bridgehead atoms. The standard InChI is InChI=1S/C82H74BN4/c1-79(2)43-44-80(3,4)68-49-58(39-41-67(68)79)84-72-42-40-63(85(59-31-17-11-18-32-59)60-33-19-12-20-34-60)50-65(72)66-51-75(86(61-35-23-29-56(47-61)54-25-13-9-14-26-54)62-36-24-30-57(48-62)55-27-15-10-16-28-55)76-64-37-21-22-38-73(64)87-74-53-70-69(52-71(74)83-77(66)78(76)87)81(5,6)45-46-82(70,7)8/h9-42,47-53,84H,43-46H2,1-8H3. The summed E-state index contributed by atoms with van der Waals surface area (Å²) in [6.45, 7) is 19.5. The molecule has 3 aliphatic rings. The first-order valence-electron chi connectivity index (χ1n) is 31.3. The third-order valence-corrected chi connectivity index (χ3v) is 19.9. The van der Waals surface area contributed by atoms with Crippen LogP contribution in [0.25, 0.3) is 60.9 Å². The maximum atomic E-state index is 4.18. The Kier molecular flexibility index (Phi) is 12.9. The molecule has 0 fully saturated rings. The summed E-state index contributed by atoms with van der Waals surface area (Å²) in [5, 5.41) is 6.60. The molecule has 0 saturated heterocycles. The molecule has 0 saturated carbocycles. The first-order valence-corrected chi connectivity index (χ1v) is 31.3. The molecule has 11 aromatic carbocycles. The molecule has 0 unspecified atom stereocenters. The average Bonchev–Trinajstić information content (AvgIpc) is 1.69. The molecule has 12 aromatic rings. The number of nitrogens with one attached hydrogen (secondary N) is 1. The van der Waals surface area contributed by atoms with E-state index in [0.29, 0.717) is 0 Å². The predicted octanol–water partition coefficient (Wildman–Crippen LogP) is 21.1. The molecule has 15 rings (SSSR count). The number of hydrogen-bond donors (Lipinski definition) is 1. The zero-order valence-electron chi connectivity index (χ0n) is 51.4. The second-order valence-electron chi connectivity index (χ2n) is 27.4. The number of aromatic nitrogens is 1. The molecule has 1 aliphatic heterocycles. The van der Waals surface area contributed by atoms with Crippen molar-refractivity contribution in [3.05, 3.63) is 271 Å². The largest absolute Gasteiger partial charge is 0.355 e. The van der Waals surface area contributed by atoms with Gasteiger partial charge in [-0.2, -0.15) is 0 Å². The van der Waals surface area contributed by atoms with E-state index >= 15 is 0 Å². The highest BCUT2D eigenvalue weighted by Gasteiger charge is 2.41. The fourth-order valence-electron chi connectivity index (χ4n) is 14.8. The van der Waals surface area contributed by atoms with E-state index in [2.05, 4.69) is 331 Å². The van der Waals surface area contributed by atoms with Gasteiger partial charge in [-0.3, -0.25) is 0 Å². The molecule has 5 heteroatoms. The third kappa shape index (κ3) is 9.37. The van der Waals surface area contributed by atoms with Gasteiger partial charge in [0, 0.05) is 61.8 Å². The van der Waals surface area contributed by atoms with E-state index in [-0.39, 0.29) is 21.7 Å². The van der Waals surface area contributed by atoms with Crippen LogP contribution in [0.4, 0.5) is 45.5 Å². The highest BCUT2D eigenvalue weighted by atomic mass is 15.2. The van der Waals surface area contributed by atoms with E-state index in [1.165, 1.54) is 71.8 Å². The Morgan fingerprint density at radius 3 is 1.45 bits per heavy atom. The summed E-state index contributed by atoms with van der Waals surface area (Å²) in [5.41, 5.74) is 27.5. The van der Waals surface area contributed by atoms with E-state index < -0.39 is 0 Å². The number of hydrogen-bond acceptors (Lipinski definition) is 3. The normalized spacial score (nSPS) is 15.6. The van der Waals surface area contributed by atoms with Gasteiger partial charge in [-0.1, -0.05) is 213 Å². The first-order chi connectivity index (χ1) is 42.1. The number of fused-ring (bicyclic) bond motifs is 7. The molecule has 4 nitrogen and oxygen atoms in total. The highest BCUT2D eigenvalue weighted by Crippen LogP contribution is 2.52. The summed E-state index contributed by atoms with van der Waals surface area (Å²) in [6.07, 6.45) is 4.57. The van der Waals surface area contributed by atoms with Crippen LogP contribution in [0, 0.1) is 0 Å². The number of nitrogens with zero attached hydrogens (tertiary/aromatic N) is 3. The Morgan fingerprint density at radius 1 is 0.379 bits per heavy atom. The van der Waals surface area contributed by atoms with Crippen LogP contribution in [-0.4, -0.2) is 11.8 Å². The zero-order valence-corrected chi connectivity index (χ0v) is 51.4. The lowest BCUT2D eigenvalue weighted by molar-refractivity contribution is 0.332. The minimum Gasteiger partial charge on any atom is -0.355 e. The lowest BCUT2D eigenvalue weighted by Crippen LogP contribution is -2.41. The average molecular weight is 1130 g/mol. The van der Waals surface area contributed by atoms with Crippen LogP contribution >= 0.6 is 0 Å². The van der Waals surface area contributed by atoms with Gasteiger partial charge in [0.1, 0.15) is 0 Å². The fourth-order valence-corrected chi connectivity index (χ4v) is 14.8. The minimum atomic E-state index is 0.00558. The minimum absolute atomic E-state index is 0.00558. The Morgan fingerprint density at radius 2 is 0.862 bits per heavy atom. The quantitative estimate of drug-likeness (QED) is 0.131. The van der Waals surface area contributed by atoms with Crippen molar-refractivity contribution in [3.8, 4) is 39.1 Å². The van der Waals surface area contributed by atoms with Gasteiger partial charge in [0.15, 0.2) is 7.28 Å². The lowest BCUT2D eigenvalue weighted by Gasteiger charge is -2.43. The second-order valence-corrected chi connectivity index (χ2v) is 27.4. The Labute approximate surface area is 515 Å². The van der Waals surface area contributed by atoms with Crippen LogP contribution in [-0.2, 0) is 21.7 Å². The van der Waals surface area contributed by atoms with Crippen LogP contribution in [0.15, 0.2) is 249 Å². The van der Waals surface area contributed by atoms with Gasteiger partial charge < -0.3 is 19.7 Å². The maximum Gasteiger partial charge on any atom is 0.197 e. The summed E-state index contributed by atoms with van der Waals surface area (Å²) in [4.78, 5) is 4.96. The summed E-state index contributed by atoms with van der Waals surface area (Å²) in [5.74, 6) is 0. The van der Waals surface area contributed by atoms with Gasteiger partial charge >= 0.3 is 0 Å². The van der Waals surface area contributed by atoms with Crippen molar-refractivity contribution in [2.24, 2.45) is 0 Å². The molecule has 1 aromatic heterocycles. The predicted molar refractivity (Wildman–Crippen MR) is 372 cm³/mol. The van der Waals surface area contributed by atoms with Crippen LogP contribution in [0.3, 0.4) is 0 Å². The molecule has 1 radical (unpaired) electrons. The van der Waals surface area contributed by atoms with Crippen LogP contribution < -0.4 is 26.0 Å². The van der Waals surface area contributed by atoms with Gasteiger partial charge in [-0.25, -0.2) is 0 Å². The van der Waals surface area contributed by atoms with Crippen molar-refractivity contribution >= 4 is 85.5 Å². The summed E-state index contributed by atoms with van der Waals surface area (Å²) in [6, 6.07) is 92.8. The fraction of sp³-hybridized carbons (Fsp3) is 0.195. The molecular formula is C82H74BN4. The Bertz CT molecular complexity index is 4510. The van der Waals surface area contributed by atoms with Gasteiger partial charge in [-0.05, 0) is 200 Å².